The third-order valence-electron chi connectivity index (χ3n) is 3.78. The van der Waals surface area contributed by atoms with Crippen LogP contribution in [0.25, 0.3) is 0 Å². The first kappa shape index (κ1) is 14.6. The number of ether oxygens (including phenoxy) is 1. The molecule has 2 aromatic heterocycles. The highest BCUT2D eigenvalue weighted by molar-refractivity contribution is 5.76. The third kappa shape index (κ3) is 3.67. The number of nitrogens with zero attached hydrogens (tertiary/aromatic N) is 5. The summed E-state index contributed by atoms with van der Waals surface area (Å²) < 4.78 is 7.33. The molecule has 7 heteroatoms. The van der Waals surface area contributed by atoms with Crippen LogP contribution in [0.2, 0.25) is 0 Å². The van der Waals surface area contributed by atoms with Crippen LogP contribution in [0.5, 0.6) is 0 Å². The van der Waals surface area contributed by atoms with E-state index in [4.69, 9.17) is 4.74 Å². The maximum Gasteiger partial charge on any atom is 0.242 e. The Hall–Kier alpha value is -2.28. The number of carbonyl (C=O) groups excluding carboxylic acids is 1. The van der Waals surface area contributed by atoms with E-state index in [0.29, 0.717) is 26.3 Å². The Balaban J connectivity index is 1.59. The average molecular weight is 301 g/mol. The van der Waals surface area contributed by atoms with Crippen LogP contribution in [0, 0.1) is 0 Å². The van der Waals surface area contributed by atoms with Gasteiger partial charge in [-0.15, -0.1) is 0 Å². The summed E-state index contributed by atoms with van der Waals surface area (Å²) in [7, 11) is 0. The molecule has 2 aromatic rings. The summed E-state index contributed by atoms with van der Waals surface area (Å²) in [5, 5.41) is 0. The van der Waals surface area contributed by atoms with Crippen molar-refractivity contribution in [2.75, 3.05) is 19.8 Å². The Kier molecular flexibility index (Phi) is 4.75. The van der Waals surface area contributed by atoms with Gasteiger partial charge in [0.25, 0.3) is 0 Å². The lowest BCUT2D eigenvalue weighted by Crippen LogP contribution is -2.49. The standard InChI is InChI=1S/C15H19N5O2/c21-15(10-19-6-5-17-12-19)20-7-8-22-11-14(20)2-1-13-9-16-3-4-18-13/h3-6,9,12,14H,1-2,7-8,10-11H2/t14-/m1/s1. The van der Waals surface area contributed by atoms with E-state index in [9.17, 15) is 4.79 Å². The predicted octanol–water partition coefficient (Wildman–Crippen LogP) is 0.533. The van der Waals surface area contributed by atoms with Crippen molar-refractivity contribution in [2.24, 2.45) is 0 Å². The van der Waals surface area contributed by atoms with Crippen LogP contribution in [0.15, 0.2) is 37.3 Å². The second-order valence-corrected chi connectivity index (χ2v) is 5.29. The molecular formula is C15H19N5O2. The molecule has 3 rings (SSSR count). The van der Waals surface area contributed by atoms with Gasteiger partial charge in [-0.25, -0.2) is 4.98 Å². The molecule has 116 valence electrons. The van der Waals surface area contributed by atoms with Crippen molar-refractivity contribution in [1.29, 1.82) is 0 Å². The van der Waals surface area contributed by atoms with Crippen LogP contribution < -0.4 is 0 Å². The number of imidazole rings is 1. The number of amides is 1. The van der Waals surface area contributed by atoms with Crippen molar-refractivity contribution in [3.8, 4) is 0 Å². The summed E-state index contributed by atoms with van der Waals surface area (Å²) in [5.74, 6) is 0.102. The van der Waals surface area contributed by atoms with Crippen LogP contribution >= 0.6 is 0 Å². The minimum absolute atomic E-state index is 0.0896. The monoisotopic (exact) mass is 301 g/mol. The van der Waals surface area contributed by atoms with Crippen molar-refractivity contribution >= 4 is 5.91 Å². The van der Waals surface area contributed by atoms with E-state index in [0.717, 1.165) is 18.5 Å². The Morgan fingerprint density at radius 1 is 1.32 bits per heavy atom. The fourth-order valence-corrected chi connectivity index (χ4v) is 2.62. The minimum Gasteiger partial charge on any atom is -0.377 e. The first-order valence-corrected chi connectivity index (χ1v) is 7.41. The van der Waals surface area contributed by atoms with Crippen LogP contribution in [0.3, 0.4) is 0 Å². The lowest BCUT2D eigenvalue weighted by Gasteiger charge is -2.35. The molecule has 7 nitrogen and oxygen atoms in total. The van der Waals surface area contributed by atoms with E-state index in [1.807, 2.05) is 4.90 Å². The molecule has 1 aliphatic rings. The molecular weight excluding hydrogens is 282 g/mol. The quantitative estimate of drug-likeness (QED) is 0.805. The fraction of sp³-hybridized carbons (Fsp3) is 0.467. The molecule has 0 N–H and O–H groups in total. The number of morpholine rings is 1. The Morgan fingerprint density at radius 2 is 2.27 bits per heavy atom. The molecule has 0 unspecified atom stereocenters. The molecule has 0 aliphatic carbocycles. The van der Waals surface area contributed by atoms with Crippen LogP contribution in [0.1, 0.15) is 12.1 Å². The molecule has 0 saturated carbocycles. The number of aryl methyl sites for hydroxylation is 1. The van der Waals surface area contributed by atoms with Gasteiger partial charge in [-0.2, -0.15) is 0 Å². The van der Waals surface area contributed by atoms with Gasteiger partial charge in [-0.1, -0.05) is 0 Å². The first-order chi connectivity index (χ1) is 10.8. The fourth-order valence-electron chi connectivity index (χ4n) is 2.62. The summed E-state index contributed by atoms with van der Waals surface area (Å²) in [4.78, 5) is 26.7. The zero-order valence-corrected chi connectivity index (χ0v) is 12.3. The van der Waals surface area contributed by atoms with Crippen LogP contribution in [-0.2, 0) is 22.5 Å². The Morgan fingerprint density at radius 3 is 3.05 bits per heavy atom. The van der Waals surface area contributed by atoms with Crippen LogP contribution in [0.4, 0.5) is 0 Å². The SMILES string of the molecule is O=C(Cn1ccnc1)N1CCOC[C@H]1CCc1cnccn1. The van der Waals surface area contributed by atoms with Crippen LogP contribution in [-0.4, -0.2) is 56.1 Å². The largest absolute Gasteiger partial charge is 0.377 e. The van der Waals surface area contributed by atoms with Crippen molar-refractivity contribution in [1.82, 2.24) is 24.4 Å². The zero-order valence-electron chi connectivity index (χ0n) is 12.3. The summed E-state index contributed by atoms with van der Waals surface area (Å²) in [5.41, 5.74) is 0.940. The minimum atomic E-state index is 0.0896. The van der Waals surface area contributed by atoms with Crippen molar-refractivity contribution in [3.63, 3.8) is 0 Å². The number of rotatable bonds is 5. The summed E-state index contributed by atoms with van der Waals surface area (Å²) >= 11 is 0. The highest BCUT2D eigenvalue weighted by Crippen LogP contribution is 2.14. The second-order valence-electron chi connectivity index (χ2n) is 5.29. The maximum absolute atomic E-state index is 12.5. The molecule has 0 radical (unpaired) electrons. The maximum atomic E-state index is 12.5. The van der Waals surface area contributed by atoms with Crippen molar-refractivity contribution in [2.45, 2.75) is 25.4 Å². The van der Waals surface area contributed by atoms with E-state index in [-0.39, 0.29) is 11.9 Å². The molecule has 0 spiro atoms. The molecule has 0 aromatic carbocycles. The number of aromatic nitrogens is 4. The molecule has 3 heterocycles. The third-order valence-corrected chi connectivity index (χ3v) is 3.78. The van der Waals surface area contributed by atoms with Crippen molar-refractivity contribution < 1.29 is 9.53 Å². The van der Waals surface area contributed by atoms with Gasteiger partial charge < -0.3 is 14.2 Å². The van der Waals surface area contributed by atoms with Gasteiger partial charge in [0, 0.05) is 37.5 Å². The lowest BCUT2D eigenvalue weighted by atomic mass is 10.1. The molecule has 1 amide bonds. The summed E-state index contributed by atoms with van der Waals surface area (Å²) in [6, 6.07) is 0.0896. The van der Waals surface area contributed by atoms with E-state index in [1.54, 1.807) is 41.9 Å². The van der Waals surface area contributed by atoms with Gasteiger partial charge in [-0.05, 0) is 12.8 Å². The molecule has 1 saturated heterocycles. The molecule has 0 bridgehead atoms. The van der Waals surface area contributed by atoms with E-state index < -0.39 is 0 Å². The normalized spacial score (nSPS) is 18.4. The molecule has 22 heavy (non-hydrogen) atoms. The van der Waals surface area contributed by atoms with Gasteiger partial charge in [-0.3, -0.25) is 14.8 Å². The topological polar surface area (TPSA) is 73.1 Å². The smallest absolute Gasteiger partial charge is 0.242 e. The number of hydrogen-bond donors (Lipinski definition) is 0. The Labute approximate surface area is 129 Å². The van der Waals surface area contributed by atoms with Crippen molar-refractivity contribution in [3.05, 3.63) is 43.0 Å². The van der Waals surface area contributed by atoms with Gasteiger partial charge in [0.2, 0.25) is 5.91 Å². The molecule has 1 atom stereocenters. The lowest BCUT2D eigenvalue weighted by molar-refractivity contribution is -0.140. The predicted molar refractivity (Wildman–Crippen MR) is 78.9 cm³/mol. The highest BCUT2D eigenvalue weighted by atomic mass is 16.5. The first-order valence-electron chi connectivity index (χ1n) is 7.41. The average Bonchev–Trinajstić information content (AvgIpc) is 3.07. The number of carbonyl (C=O) groups is 1. The number of hydrogen-bond acceptors (Lipinski definition) is 5. The zero-order chi connectivity index (χ0) is 15.2. The van der Waals surface area contributed by atoms with E-state index in [2.05, 4.69) is 15.0 Å². The van der Waals surface area contributed by atoms with E-state index in [1.165, 1.54) is 0 Å². The molecule has 1 aliphatic heterocycles. The summed E-state index contributed by atoms with van der Waals surface area (Å²) in [6.07, 6.45) is 11.9. The van der Waals surface area contributed by atoms with E-state index >= 15 is 0 Å². The van der Waals surface area contributed by atoms with Gasteiger partial charge in [0.1, 0.15) is 6.54 Å². The Bertz CT molecular complexity index is 587. The summed E-state index contributed by atoms with van der Waals surface area (Å²) in [6.45, 7) is 2.13. The van der Waals surface area contributed by atoms with Gasteiger partial charge in [0.05, 0.1) is 31.3 Å². The van der Waals surface area contributed by atoms with Gasteiger partial charge in [0.15, 0.2) is 0 Å². The molecule has 1 fully saturated rings. The highest BCUT2D eigenvalue weighted by Gasteiger charge is 2.27. The second kappa shape index (κ2) is 7.13. The van der Waals surface area contributed by atoms with Gasteiger partial charge >= 0.3 is 0 Å².